The second-order valence-corrected chi connectivity index (χ2v) is 4.81. The van der Waals surface area contributed by atoms with Gasteiger partial charge in [-0.3, -0.25) is 4.79 Å². The van der Waals surface area contributed by atoms with Gasteiger partial charge < -0.3 is 14.6 Å². The number of rotatable bonds is 5. The van der Waals surface area contributed by atoms with E-state index in [0.29, 0.717) is 6.61 Å². The minimum atomic E-state index is -0.821. The van der Waals surface area contributed by atoms with Gasteiger partial charge in [-0.15, -0.1) is 0 Å². The zero-order valence-corrected chi connectivity index (χ0v) is 9.81. The Hall–Kier alpha value is -1.55. The van der Waals surface area contributed by atoms with Gasteiger partial charge in [0.1, 0.15) is 5.75 Å². The first-order valence-corrected chi connectivity index (χ1v) is 5.59. The molecule has 1 N–H and O–H groups in total. The fourth-order valence-electron chi connectivity index (χ4n) is 1.67. The summed E-state index contributed by atoms with van der Waals surface area (Å²) in [6.45, 7) is 4.23. The molecule has 4 nitrogen and oxygen atoms in total. The molecule has 4 heteroatoms. The highest BCUT2D eigenvalue weighted by molar-refractivity contribution is 5.70. The highest BCUT2D eigenvalue weighted by Gasteiger charge is 2.34. The molecule has 1 aliphatic rings. The van der Waals surface area contributed by atoms with Crippen molar-refractivity contribution in [2.24, 2.45) is 5.41 Å². The second kappa shape index (κ2) is 4.75. The van der Waals surface area contributed by atoms with Gasteiger partial charge in [-0.1, -0.05) is 19.1 Å². The summed E-state index contributed by atoms with van der Waals surface area (Å²) in [4.78, 5) is 10.5. The van der Waals surface area contributed by atoms with E-state index >= 15 is 0 Å². The monoisotopic (exact) mass is 236 g/mol. The van der Waals surface area contributed by atoms with Crippen LogP contribution in [0.1, 0.15) is 12.5 Å². The van der Waals surface area contributed by atoms with Gasteiger partial charge in [0.15, 0.2) is 0 Å². The Morgan fingerprint density at radius 1 is 1.41 bits per heavy atom. The molecule has 1 aromatic rings. The molecule has 0 aromatic heterocycles. The van der Waals surface area contributed by atoms with Crippen molar-refractivity contribution in [3.8, 4) is 5.75 Å². The van der Waals surface area contributed by atoms with Gasteiger partial charge in [0.05, 0.1) is 26.2 Å². The molecule has 0 unspecified atom stereocenters. The Balaban J connectivity index is 1.87. The summed E-state index contributed by atoms with van der Waals surface area (Å²) < 4.78 is 10.8. The third-order valence-electron chi connectivity index (χ3n) is 2.77. The lowest BCUT2D eigenvalue weighted by Crippen LogP contribution is -2.44. The number of aliphatic carboxylic acids is 1. The van der Waals surface area contributed by atoms with E-state index in [1.807, 2.05) is 0 Å². The Kier molecular flexibility index (Phi) is 3.33. The summed E-state index contributed by atoms with van der Waals surface area (Å²) in [5, 5.41) is 8.64. The van der Waals surface area contributed by atoms with Gasteiger partial charge in [0.2, 0.25) is 0 Å². The molecular formula is C13H16O4. The van der Waals surface area contributed by atoms with Crippen LogP contribution in [-0.2, 0) is 16.0 Å². The van der Waals surface area contributed by atoms with Crippen molar-refractivity contribution < 1.29 is 19.4 Å². The van der Waals surface area contributed by atoms with Gasteiger partial charge in [-0.2, -0.15) is 0 Å². The molecule has 1 heterocycles. The van der Waals surface area contributed by atoms with Crippen molar-refractivity contribution in [1.82, 2.24) is 0 Å². The summed E-state index contributed by atoms with van der Waals surface area (Å²) in [6.07, 6.45) is 0.0475. The first-order valence-electron chi connectivity index (χ1n) is 5.59. The zero-order valence-electron chi connectivity index (χ0n) is 9.81. The Labute approximate surface area is 100 Å². The van der Waals surface area contributed by atoms with Crippen LogP contribution < -0.4 is 4.74 Å². The standard InChI is InChI=1S/C13H16O4/c1-13(7-16-8-13)9-17-11-4-2-10(3-5-11)6-12(14)15/h2-5H,6-9H2,1H3,(H,14,15). The SMILES string of the molecule is CC1(COc2ccc(CC(=O)O)cc2)COC1. The van der Waals surface area contributed by atoms with Crippen LogP contribution in [0.4, 0.5) is 0 Å². The van der Waals surface area contributed by atoms with E-state index < -0.39 is 5.97 Å². The third kappa shape index (κ3) is 3.20. The molecule has 92 valence electrons. The van der Waals surface area contributed by atoms with Crippen molar-refractivity contribution in [3.63, 3.8) is 0 Å². The Bertz CT molecular complexity index is 392. The van der Waals surface area contributed by atoms with E-state index in [9.17, 15) is 4.79 Å². The van der Waals surface area contributed by atoms with Crippen molar-refractivity contribution in [3.05, 3.63) is 29.8 Å². The lowest BCUT2D eigenvalue weighted by molar-refractivity contribution is -0.136. The maximum absolute atomic E-state index is 10.5. The molecular weight excluding hydrogens is 220 g/mol. The molecule has 0 saturated carbocycles. The average Bonchev–Trinajstić information content (AvgIpc) is 2.25. The van der Waals surface area contributed by atoms with Crippen molar-refractivity contribution in [2.45, 2.75) is 13.3 Å². The second-order valence-electron chi connectivity index (χ2n) is 4.81. The number of carboxylic acids is 1. The van der Waals surface area contributed by atoms with Crippen LogP contribution in [0.5, 0.6) is 5.75 Å². The van der Waals surface area contributed by atoms with Crippen LogP contribution in [-0.4, -0.2) is 30.9 Å². The minimum Gasteiger partial charge on any atom is -0.493 e. The van der Waals surface area contributed by atoms with Crippen LogP contribution in [0.2, 0.25) is 0 Å². The summed E-state index contributed by atoms with van der Waals surface area (Å²) in [5.41, 5.74) is 0.905. The molecule has 0 atom stereocenters. The molecule has 0 aliphatic carbocycles. The van der Waals surface area contributed by atoms with Crippen molar-refractivity contribution in [2.75, 3.05) is 19.8 Å². The van der Waals surface area contributed by atoms with Crippen LogP contribution in [0.3, 0.4) is 0 Å². The molecule has 1 aromatic carbocycles. The fourth-order valence-corrected chi connectivity index (χ4v) is 1.67. The van der Waals surface area contributed by atoms with Gasteiger partial charge in [0, 0.05) is 5.41 Å². The highest BCUT2D eigenvalue weighted by Crippen LogP contribution is 2.27. The summed E-state index contributed by atoms with van der Waals surface area (Å²) >= 11 is 0. The summed E-state index contributed by atoms with van der Waals surface area (Å²) in [7, 11) is 0. The van der Waals surface area contributed by atoms with Crippen molar-refractivity contribution >= 4 is 5.97 Å². The molecule has 1 aliphatic heterocycles. The number of carboxylic acid groups (broad SMARTS) is 1. The average molecular weight is 236 g/mol. The quantitative estimate of drug-likeness (QED) is 0.845. The van der Waals surface area contributed by atoms with E-state index in [2.05, 4.69) is 6.92 Å². The van der Waals surface area contributed by atoms with Crippen LogP contribution in [0.25, 0.3) is 0 Å². The van der Waals surface area contributed by atoms with Crippen LogP contribution >= 0.6 is 0 Å². The van der Waals surface area contributed by atoms with Gasteiger partial charge in [0.25, 0.3) is 0 Å². The lowest BCUT2D eigenvalue weighted by Gasteiger charge is -2.37. The Morgan fingerprint density at radius 3 is 2.53 bits per heavy atom. The largest absolute Gasteiger partial charge is 0.493 e. The van der Waals surface area contributed by atoms with E-state index in [0.717, 1.165) is 24.5 Å². The number of hydrogen-bond donors (Lipinski definition) is 1. The highest BCUT2D eigenvalue weighted by atomic mass is 16.5. The normalized spacial score (nSPS) is 17.2. The smallest absolute Gasteiger partial charge is 0.307 e. The molecule has 0 amide bonds. The van der Waals surface area contributed by atoms with E-state index in [1.165, 1.54) is 0 Å². The maximum Gasteiger partial charge on any atom is 0.307 e. The predicted octanol–water partition coefficient (Wildman–Crippen LogP) is 1.73. The predicted molar refractivity (Wildman–Crippen MR) is 62.2 cm³/mol. The zero-order chi connectivity index (χ0) is 12.3. The summed E-state index contributed by atoms with van der Waals surface area (Å²) in [5.74, 6) is -0.0509. The number of hydrogen-bond acceptors (Lipinski definition) is 3. The van der Waals surface area contributed by atoms with Crippen LogP contribution in [0.15, 0.2) is 24.3 Å². The molecule has 0 radical (unpaired) electrons. The van der Waals surface area contributed by atoms with Gasteiger partial charge in [-0.05, 0) is 17.7 Å². The number of carbonyl (C=O) groups is 1. The third-order valence-corrected chi connectivity index (χ3v) is 2.77. The molecule has 0 bridgehead atoms. The molecule has 2 rings (SSSR count). The molecule has 1 saturated heterocycles. The topological polar surface area (TPSA) is 55.8 Å². The van der Waals surface area contributed by atoms with E-state index in [1.54, 1.807) is 24.3 Å². The number of benzene rings is 1. The molecule has 17 heavy (non-hydrogen) atoms. The Morgan fingerprint density at radius 2 is 2.06 bits per heavy atom. The van der Waals surface area contributed by atoms with Crippen molar-refractivity contribution in [1.29, 1.82) is 0 Å². The molecule has 0 spiro atoms. The number of ether oxygens (including phenoxy) is 2. The first kappa shape index (κ1) is 11.9. The fraction of sp³-hybridized carbons (Fsp3) is 0.462. The summed E-state index contributed by atoms with van der Waals surface area (Å²) in [6, 6.07) is 7.18. The van der Waals surface area contributed by atoms with E-state index in [-0.39, 0.29) is 11.8 Å². The van der Waals surface area contributed by atoms with Crippen LogP contribution in [0, 0.1) is 5.41 Å². The van der Waals surface area contributed by atoms with Gasteiger partial charge >= 0.3 is 5.97 Å². The molecule has 1 fully saturated rings. The maximum atomic E-state index is 10.5. The van der Waals surface area contributed by atoms with Gasteiger partial charge in [-0.25, -0.2) is 0 Å². The lowest BCUT2D eigenvalue weighted by atomic mass is 9.90. The van der Waals surface area contributed by atoms with E-state index in [4.69, 9.17) is 14.6 Å². The first-order chi connectivity index (χ1) is 8.07. The minimum absolute atomic E-state index is 0.0475.